The number of ether oxygens (including phenoxy) is 5. The Hall–Kier alpha value is -2.51. The van der Waals surface area contributed by atoms with Gasteiger partial charge in [0.15, 0.2) is 12.1 Å². The van der Waals surface area contributed by atoms with Gasteiger partial charge in [-0.15, -0.1) is 0 Å². The second-order valence-electron chi connectivity index (χ2n) is 12.9. The Labute approximate surface area is 258 Å². The molecule has 5 rings (SSSR count). The monoisotopic (exact) mass is 590 g/mol. The zero-order valence-corrected chi connectivity index (χ0v) is 26.2. The van der Waals surface area contributed by atoms with Crippen LogP contribution < -0.4 is 4.74 Å². The highest BCUT2D eigenvalue weighted by atomic mass is 16.7. The topological polar surface area (TPSA) is 63.2 Å². The maximum absolute atomic E-state index is 12.1. The second-order valence-corrected chi connectivity index (χ2v) is 12.9. The maximum atomic E-state index is 12.1. The van der Waals surface area contributed by atoms with E-state index in [2.05, 4.69) is 68.5 Å². The van der Waals surface area contributed by atoms with Crippen LogP contribution in [0.4, 0.5) is 0 Å². The lowest BCUT2D eigenvalue weighted by atomic mass is 9.97. The SMILES string of the molecule is CC(C)(CCCCCc1cccc(C=Cc2cc(OC3CCCCO3)cc(C3CCCCO3)c2)c1)OC1OCCCC1=O. The van der Waals surface area contributed by atoms with Gasteiger partial charge < -0.3 is 23.7 Å². The minimum absolute atomic E-state index is 0.0713. The Morgan fingerprint density at radius 3 is 2.44 bits per heavy atom. The second kappa shape index (κ2) is 16.0. The van der Waals surface area contributed by atoms with Gasteiger partial charge in [-0.25, -0.2) is 0 Å². The van der Waals surface area contributed by atoms with Gasteiger partial charge in [0.2, 0.25) is 6.29 Å². The molecule has 6 heteroatoms. The third-order valence-corrected chi connectivity index (χ3v) is 8.60. The summed E-state index contributed by atoms with van der Waals surface area (Å²) in [5.74, 6) is 0.931. The predicted molar refractivity (Wildman–Crippen MR) is 170 cm³/mol. The average molecular weight is 591 g/mol. The van der Waals surface area contributed by atoms with Crippen molar-refractivity contribution in [1.82, 2.24) is 0 Å². The smallest absolute Gasteiger partial charge is 0.218 e. The molecular weight excluding hydrogens is 540 g/mol. The maximum Gasteiger partial charge on any atom is 0.218 e. The van der Waals surface area contributed by atoms with Gasteiger partial charge in [0.1, 0.15) is 5.75 Å². The van der Waals surface area contributed by atoms with Gasteiger partial charge in [-0.3, -0.25) is 4.79 Å². The number of ketones is 1. The molecule has 3 saturated heterocycles. The molecule has 3 atom stereocenters. The van der Waals surface area contributed by atoms with Crippen molar-refractivity contribution < 1.29 is 28.5 Å². The summed E-state index contributed by atoms with van der Waals surface area (Å²) < 4.78 is 29.8. The number of Topliss-reactive ketones (excluding diaryl/α,β-unsaturated/α-hetero) is 1. The first-order valence-electron chi connectivity index (χ1n) is 16.6. The fourth-order valence-corrected chi connectivity index (χ4v) is 6.15. The summed E-state index contributed by atoms with van der Waals surface area (Å²) >= 11 is 0. The molecule has 0 amide bonds. The Bertz CT molecular complexity index is 1190. The van der Waals surface area contributed by atoms with Gasteiger partial charge in [-0.2, -0.15) is 0 Å². The van der Waals surface area contributed by atoms with E-state index in [0.29, 0.717) is 13.0 Å². The predicted octanol–water partition coefficient (Wildman–Crippen LogP) is 8.61. The van der Waals surface area contributed by atoms with Crippen LogP contribution in [-0.4, -0.2) is 43.8 Å². The first-order valence-corrected chi connectivity index (χ1v) is 16.6. The Kier molecular flexibility index (Phi) is 11.9. The minimum atomic E-state index is -0.687. The van der Waals surface area contributed by atoms with Gasteiger partial charge in [0.25, 0.3) is 0 Å². The zero-order valence-electron chi connectivity index (χ0n) is 26.2. The summed E-state index contributed by atoms with van der Waals surface area (Å²) in [5.41, 5.74) is 4.49. The Morgan fingerprint density at radius 2 is 1.65 bits per heavy atom. The molecule has 234 valence electrons. The normalized spacial score (nSPS) is 23.5. The van der Waals surface area contributed by atoms with Crippen molar-refractivity contribution in [3.63, 3.8) is 0 Å². The lowest BCUT2D eigenvalue weighted by Crippen LogP contribution is -2.39. The van der Waals surface area contributed by atoms with Crippen molar-refractivity contribution in [1.29, 1.82) is 0 Å². The van der Waals surface area contributed by atoms with Crippen LogP contribution in [0.3, 0.4) is 0 Å². The summed E-state index contributed by atoms with van der Waals surface area (Å²) in [6.45, 7) is 6.31. The van der Waals surface area contributed by atoms with Crippen molar-refractivity contribution in [2.24, 2.45) is 0 Å². The molecule has 0 aromatic heterocycles. The van der Waals surface area contributed by atoms with E-state index in [0.717, 1.165) is 95.2 Å². The lowest BCUT2D eigenvalue weighted by Gasteiger charge is -2.32. The molecule has 0 N–H and O–H groups in total. The molecule has 6 nitrogen and oxygen atoms in total. The van der Waals surface area contributed by atoms with E-state index in [1.54, 1.807) is 0 Å². The molecule has 3 unspecified atom stereocenters. The molecule has 3 heterocycles. The largest absolute Gasteiger partial charge is 0.465 e. The van der Waals surface area contributed by atoms with Gasteiger partial charge >= 0.3 is 0 Å². The summed E-state index contributed by atoms with van der Waals surface area (Å²) in [6.07, 6.45) is 16.8. The molecule has 3 aliphatic rings. The first-order chi connectivity index (χ1) is 20.9. The zero-order chi connectivity index (χ0) is 29.9. The summed E-state index contributed by atoms with van der Waals surface area (Å²) in [6, 6.07) is 15.3. The summed E-state index contributed by atoms with van der Waals surface area (Å²) in [7, 11) is 0. The van der Waals surface area contributed by atoms with Crippen LogP contribution >= 0.6 is 0 Å². The minimum Gasteiger partial charge on any atom is -0.465 e. The average Bonchev–Trinajstić information content (AvgIpc) is 3.02. The molecule has 0 aliphatic carbocycles. The van der Waals surface area contributed by atoms with E-state index in [-0.39, 0.29) is 23.8 Å². The standard InChI is InChI=1S/C37H50O6/c1-37(2,43-36-33(38)15-11-23-41-36)20-7-3-4-12-28-13-10-14-29(24-28)18-19-30-25-31(34-16-5-8-21-39-34)27-32(26-30)42-35-17-6-9-22-40-35/h10,13-14,18-19,24-27,34-36H,3-9,11-12,15-17,20-23H2,1-2H3. The molecule has 0 radical (unpaired) electrons. The molecule has 3 fully saturated rings. The van der Waals surface area contributed by atoms with Crippen LogP contribution in [0.15, 0.2) is 42.5 Å². The number of hydrogen-bond donors (Lipinski definition) is 0. The van der Waals surface area contributed by atoms with Crippen LogP contribution in [0.1, 0.15) is 119 Å². The van der Waals surface area contributed by atoms with Gasteiger partial charge in [-0.05, 0) is 112 Å². The van der Waals surface area contributed by atoms with Crippen LogP contribution in [0, 0.1) is 0 Å². The number of carbonyl (C=O) groups is 1. The van der Waals surface area contributed by atoms with E-state index in [1.807, 2.05) is 0 Å². The quantitative estimate of drug-likeness (QED) is 0.172. The third kappa shape index (κ3) is 10.3. The van der Waals surface area contributed by atoms with Crippen LogP contribution in [-0.2, 0) is 30.2 Å². The summed E-state index contributed by atoms with van der Waals surface area (Å²) in [4.78, 5) is 12.1. The molecule has 2 aromatic rings. The van der Waals surface area contributed by atoms with Gasteiger partial charge in [0.05, 0.1) is 24.9 Å². The number of carbonyl (C=O) groups excluding carboxylic acids is 1. The molecule has 0 saturated carbocycles. The van der Waals surface area contributed by atoms with E-state index in [4.69, 9.17) is 23.7 Å². The van der Waals surface area contributed by atoms with Crippen LogP contribution in [0.5, 0.6) is 5.75 Å². The third-order valence-electron chi connectivity index (χ3n) is 8.60. The van der Waals surface area contributed by atoms with Gasteiger partial charge in [0, 0.05) is 19.4 Å². The lowest BCUT2D eigenvalue weighted by molar-refractivity contribution is -0.212. The fraction of sp³-hybridized carbons (Fsp3) is 0.595. The molecule has 43 heavy (non-hydrogen) atoms. The number of hydrogen-bond acceptors (Lipinski definition) is 6. The number of unbranched alkanes of at least 4 members (excludes halogenated alkanes) is 2. The highest BCUT2D eigenvalue weighted by molar-refractivity contribution is 5.82. The van der Waals surface area contributed by atoms with E-state index < -0.39 is 6.29 Å². The number of benzene rings is 2. The van der Waals surface area contributed by atoms with Crippen molar-refractivity contribution in [2.75, 3.05) is 19.8 Å². The Morgan fingerprint density at radius 1 is 0.837 bits per heavy atom. The molecule has 0 bridgehead atoms. The number of rotatable bonds is 13. The van der Waals surface area contributed by atoms with Crippen molar-refractivity contribution in [3.05, 3.63) is 64.7 Å². The van der Waals surface area contributed by atoms with Crippen LogP contribution in [0.25, 0.3) is 12.2 Å². The van der Waals surface area contributed by atoms with Crippen molar-refractivity contribution in [2.45, 2.75) is 122 Å². The van der Waals surface area contributed by atoms with Crippen LogP contribution in [0.2, 0.25) is 0 Å². The number of aryl methyl sites for hydroxylation is 1. The molecule has 0 spiro atoms. The highest BCUT2D eigenvalue weighted by Gasteiger charge is 2.30. The fourth-order valence-electron chi connectivity index (χ4n) is 6.15. The van der Waals surface area contributed by atoms with E-state index >= 15 is 0 Å². The van der Waals surface area contributed by atoms with Crippen molar-refractivity contribution >= 4 is 17.9 Å². The summed E-state index contributed by atoms with van der Waals surface area (Å²) in [5, 5.41) is 0. The van der Waals surface area contributed by atoms with E-state index in [9.17, 15) is 4.79 Å². The molecule has 3 aliphatic heterocycles. The van der Waals surface area contributed by atoms with E-state index in [1.165, 1.54) is 23.1 Å². The van der Waals surface area contributed by atoms with Gasteiger partial charge in [-0.1, -0.05) is 49.3 Å². The Balaban J connectivity index is 1.14. The molecular formula is C37H50O6. The highest BCUT2D eigenvalue weighted by Crippen LogP contribution is 2.33. The molecule has 2 aromatic carbocycles. The van der Waals surface area contributed by atoms with Crippen molar-refractivity contribution in [3.8, 4) is 5.75 Å². The first kappa shape index (κ1) is 31.9.